The third kappa shape index (κ3) is 4.36. The first-order chi connectivity index (χ1) is 26.8. The molecule has 12 rings (SSSR count). The van der Waals surface area contributed by atoms with Crippen LogP contribution >= 0.6 is 22.7 Å². The topological polar surface area (TPSA) is 0 Å². The fourth-order valence-corrected chi connectivity index (χ4v) is 11.7. The fraction of sp³-hybridized carbons (Fsp3) is 0. The van der Waals surface area contributed by atoms with Gasteiger partial charge in [0.1, 0.15) is 0 Å². The normalized spacial score (nSPS) is 12.1. The van der Waals surface area contributed by atoms with Gasteiger partial charge in [-0.25, -0.2) is 0 Å². The van der Waals surface area contributed by atoms with Crippen LogP contribution in [0.25, 0.3) is 117 Å². The summed E-state index contributed by atoms with van der Waals surface area (Å²) in [7, 11) is 0. The molecule has 0 saturated carbocycles. The first kappa shape index (κ1) is 30.2. The van der Waals surface area contributed by atoms with E-state index >= 15 is 0 Å². The molecule has 0 aliphatic heterocycles. The number of rotatable bonds is 3. The van der Waals surface area contributed by atoms with E-state index in [0.717, 1.165) is 0 Å². The molecule has 54 heavy (non-hydrogen) atoms. The Morgan fingerprint density at radius 3 is 1.54 bits per heavy atom. The molecule has 2 heteroatoms. The third-order valence-corrected chi connectivity index (χ3v) is 13.8. The van der Waals surface area contributed by atoms with Gasteiger partial charge in [-0.1, -0.05) is 158 Å². The predicted octanol–water partition coefficient (Wildman–Crippen LogP) is 16.0. The van der Waals surface area contributed by atoms with Crippen molar-refractivity contribution in [2.24, 2.45) is 0 Å². The van der Waals surface area contributed by atoms with E-state index in [9.17, 15) is 0 Å². The van der Waals surface area contributed by atoms with Crippen LogP contribution in [0.3, 0.4) is 0 Å². The van der Waals surface area contributed by atoms with Gasteiger partial charge >= 0.3 is 0 Å². The Morgan fingerprint density at radius 2 is 0.815 bits per heavy atom. The Kier molecular flexibility index (Phi) is 6.48. The minimum Gasteiger partial charge on any atom is -0.134 e. The summed E-state index contributed by atoms with van der Waals surface area (Å²) in [5.41, 5.74) is 7.65. The van der Waals surface area contributed by atoms with E-state index in [2.05, 4.69) is 182 Å². The van der Waals surface area contributed by atoms with Crippen LogP contribution in [0.4, 0.5) is 0 Å². The Balaban J connectivity index is 1.08. The lowest BCUT2D eigenvalue weighted by Gasteiger charge is -2.18. The Labute approximate surface area is 319 Å². The Bertz CT molecular complexity index is 3430. The van der Waals surface area contributed by atoms with Crippen molar-refractivity contribution in [2.75, 3.05) is 0 Å². The van der Waals surface area contributed by atoms with Crippen LogP contribution in [0.2, 0.25) is 0 Å². The van der Waals surface area contributed by atoms with Crippen molar-refractivity contribution in [3.05, 3.63) is 182 Å². The summed E-state index contributed by atoms with van der Waals surface area (Å²) in [6.07, 6.45) is 0. The second kappa shape index (κ2) is 11.6. The summed E-state index contributed by atoms with van der Waals surface area (Å²) in [5, 5.41) is 15.7. The van der Waals surface area contributed by atoms with Crippen LogP contribution in [0.5, 0.6) is 0 Å². The van der Waals surface area contributed by atoms with Gasteiger partial charge < -0.3 is 0 Å². The molecule has 0 N–H and O–H groups in total. The van der Waals surface area contributed by atoms with Crippen molar-refractivity contribution < 1.29 is 0 Å². The van der Waals surface area contributed by atoms with Gasteiger partial charge in [0.25, 0.3) is 0 Å². The molecule has 0 radical (unpaired) electrons. The number of hydrogen-bond donors (Lipinski definition) is 0. The minimum absolute atomic E-state index is 1.24. The zero-order valence-electron chi connectivity index (χ0n) is 29.1. The molecule has 0 amide bonds. The Hall–Kier alpha value is -6.32. The maximum absolute atomic E-state index is 2.47. The molecule has 0 fully saturated rings. The lowest BCUT2D eigenvalue weighted by Crippen LogP contribution is -1.91. The molecule has 0 aliphatic carbocycles. The van der Waals surface area contributed by atoms with Gasteiger partial charge in [-0.2, -0.15) is 0 Å². The molecule has 12 aromatic rings. The molecular formula is C52H30S2. The SMILES string of the molecule is c1ccc(-c2c3ccccc3c(-c3ccc4cc(-c5cc6sc7c8ccccc8ccc7c6c6sc7ccccc7c56)ccc4c3)c3ccccc23)cc1. The molecule has 0 atom stereocenters. The number of benzene rings is 10. The summed E-state index contributed by atoms with van der Waals surface area (Å²) in [4.78, 5) is 0. The van der Waals surface area contributed by atoms with E-state index in [1.54, 1.807) is 0 Å². The van der Waals surface area contributed by atoms with Gasteiger partial charge in [-0.05, 0) is 101 Å². The van der Waals surface area contributed by atoms with E-state index in [-0.39, 0.29) is 0 Å². The van der Waals surface area contributed by atoms with Crippen molar-refractivity contribution in [1.82, 2.24) is 0 Å². The van der Waals surface area contributed by atoms with Crippen molar-refractivity contribution in [1.29, 1.82) is 0 Å². The maximum atomic E-state index is 2.47. The van der Waals surface area contributed by atoms with E-state index in [0.29, 0.717) is 0 Å². The second-order valence-electron chi connectivity index (χ2n) is 14.3. The van der Waals surface area contributed by atoms with E-state index in [1.807, 2.05) is 22.7 Å². The molecule has 0 spiro atoms. The van der Waals surface area contributed by atoms with E-state index < -0.39 is 0 Å². The van der Waals surface area contributed by atoms with Gasteiger partial charge in [-0.15, -0.1) is 22.7 Å². The van der Waals surface area contributed by atoms with Gasteiger partial charge in [0, 0.05) is 40.3 Å². The third-order valence-electron chi connectivity index (χ3n) is 11.4. The lowest BCUT2D eigenvalue weighted by molar-refractivity contribution is 1.66. The van der Waals surface area contributed by atoms with Crippen molar-refractivity contribution in [3.8, 4) is 33.4 Å². The number of thiophene rings is 2. The highest BCUT2D eigenvalue weighted by Crippen LogP contribution is 2.50. The zero-order valence-corrected chi connectivity index (χ0v) is 30.8. The largest absolute Gasteiger partial charge is 0.134 e. The summed E-state index contributed by atoms with van der Waals surface area (Å²) in [5.74, 6) is 0. The molecule has 0 nitrogen and oxygen atoms in total. The average molecular weight is 719 g/mol. The first-order valence-electron chi connectivity index (χ1n) is 18.5. The smallest absolute Gasteiger partial charge is 0.0454 e. The molecule has 2 aromatic heterocycles. The summed E-state index contributed by atoms with van der Waals surface area (Å²) in [6, 6.07) is 67.6. The van der Waals surface area contributed by atoms with Gasteiger partial charge in [-0.3, -0.25) is 0 Å². The molecule has 0 bridgehead atoms. The van der Waals surface area contributed by atoms with Crippen LogP contribution < -0.4 is 0 Å². The summed E-state index contributed by atoms with van der Waals surface area (Å²) < 4.78 is 5.45. The van der Waals surface area contributed by atoms with Crippen LogP contribution in [-0.2, 0) is 0 Å². The molecular weight excluding hydrogens is 689 g/mol. The van der Waals surface area contributed by atoms with Crippen LogP contribution in [-0.4, -0.2) is 0 Å². The standard InChI is InChI=1S/C52H30S2/c1-2-13-32(14-3-1)47-38-16-6-8-18-40(38)48(41-19-9-7-17-39(41)47)36-25-23-33-28-35(24-22-34(33)29-36)44-30-46-50(52-49(44)42-20-10-11-21-45(42)53-52)43-27-26-31-12-4-5-15-37(31)51(43)54-46/h1-30H. The van der Waals surface area contributed by atoms with Gasteiger partial charge in [0.2, 0.25) is 0 Å². The highest BCUT2D eigenvalue weighted by Gasteiger charge is 2.20. The molecule has 10 aromatic carbocycles. The first-order valence-corrected chi connectivity index (χ1v) is 20.1. The van der Waals surface area contributed by atoms with Gasteiger partial charge in [0.05, 0.1) is 0 Å². The quantitative estimate of drug-likeness (QED) is 0.160. The highest BCUT2D eigenvalue weighted by atomic mass is 32.1. The molecule has 250 valence electrons. The average Bonchev–Trinajstić information content (AvgIpc) is 3.81. The van der Waals surface area contributed by atoms with Crippen molar-refractivity contribution >= 4 is 106 Å². The molecule has 0 aliphatic rings. The van der Waals surface area contributed by atoms with Crippen LogP contribution in [0.15, 0.2) is 182 Å². The predicted molar refractivity (Wildman–Crippen MR) is 239 cm³/mol. The van der Waals surface area contributed by atoms with Crippen molar-refractivity contribution in [3.63, 3.8) is 0 Å². The fourth-order valence-electron chi connectivity index (χ4n) is 9.02. The molecule has 0 unspecified atom stereocenters. The maximum Gasteiger partial charge on any atom is 0.0454 e. The summed E-state index contributed by atoms with van der Waals surface area (Å²) in [6.45, 7) is 0. The van der Waals surface area contributed by atoms with Crippen molar-refractivity contribution in [2.45, 2.75) is 0 Å². The zero-order chi connectivity index (χ0) is 35.3. The molecule has 0 saturated heterocycles. The van der Waals surface area contributed by atoms with Crippen LogP contribution in [0, 0.1) is 0 Å². The Morgan fingerprint density at radius 1 is 0.278 bits per heavy atom. The van der Waals surface area contributed by atoms with E-state index in [1.165, 1.54) is 117 Å². The molecule has 2 heterocycles. The highest BCUT2D eigenvalue weighted by molar-refractivity contribution is 7.30. The second-order valence-corrected chi connectivity index (χ2v) is 16.5. The monoisotopic (exact) mass is 718 g/mol. The van der Waals surface area contributed by atoms with E-state index in [4.69, 9.17) is 0 Å². The van der Waals surface area contributed by atoms with Crippen LogP contribution in [0.1, 0.15) is 0 Å². The lowest BCUT2D eigenvalue weighted by atomic mass is 9.85. The number of fused-ring (bicyclic) bond motifs is 12. The summed E-state index contributed by atoms with van der Waals surface area (Å²) >= 11 is 3.87. The number of hydrogen-bond acceptors (Lipinski definition) is 2. The minimum atomic E-state index is 1.24. The van der Waals surface area contributed by atoms with Gasteiger partial charge in [0.15, 0.2) is 0 Å².